The summed E-state index contributed by atoms with van der Waals surface area (Å²) in [6.45, 7) is 2.28. The zero-order chi connectivity index (χ0) is 16.6. The fourth-order valence-corrected chi connectivity index (χ4v) is 2.76. The molecule has 0 radical (unpaired) electrons. The molecule has 2 rings (SSSR count). The van der Waals surface area contributed by atoms with E-state index in [2.05, 4.69) is 29.7 Å². The molecule has 0 aliphatic rings. The molecule has 0 aliphatic heterocycles. The van der Waals surface area contributed by atoms with Gasteiger partial charge >= 0.3 is 51.4 Å². The molecule has 0 spiro atoms. The maximum atomic E-state index is 4.20. The topological polar surface area (TPSA) is 55.8 Å². The van der Waals surface area contributed by atoms with Crippen LogP contribution >= 0.6 is 12.6 Å². The van der Waals surface area contributed by atoms with Crippen molar-refractivity contribution >= 4 is 23.4 Å². The van der Waals surface area contributed by atoms with Gasteiger partial charge in [-0.2, -0.15) is 22.8 Å². The van der Waals surface area contributed by atoms with Crippen LogP contribution in [0, 0.1) is 0 Å². The molecule has 1 aromatic heterocycles. The van der Waals surface area contributed by atoms with Crippen LogP contribution in [0.15, 0.2) is 36.7 Å². The van der Waals surface area contributed by atoms with E-state index in [0.717, 1.165) is 16.5 Å². The molecule has 0 saturated carbocycles. The number of aromatic nitrogens is 2. The van der Waals surface area contributed by atoms with Crippen molar-refractivity contribution < 1.29 is 56.9 Å². The molecule has 0 unspecified atom stereocenters. The summed E-state index contributed by atoms with van der Waals surface area (Å²) in [5, 5.41) is 9.80. The largest absolute Gasteiger partial charge is 1.00 e. The second kappa shape index (κ2) is 20.8. The molecule has 5 heteroatoms. The number of benzene rings is 1. The number of hydrogen-bond acceptors (Lipinski definition) is 4. The van der Waals surface area contributed by atoms with Crippen LogP contribution in [-0.4, -0.2) is 21.4 Å². The van der Waals surface area contributed by atoms with E-state index in [1.807, 2.05) is 24.3 Å². The SMILES string of the molecule is CCCCCCCCCCCCS.[K+].[OH-].c1ccc2cnncc2c1. The number of unbranched alkanes of at least 4 members (excludes halogenated alkanes) is 9. The maximum absolute atomic E-state index is 4.20. The zero-order valence-electron chi connectivity index (χ0n) is 16.0. The molecule has 2 aromatic rings. The van der Waals surface area contributed by atoms with Crippen LogP contribution < -0.4 is 51.4 Å². The van der Waals surface area contributed by atoms with Crippen LogP contribution in [0.25, 0.3) is 10.8 Å². The van der Waals surface area contributed by atoms with Gasteiger partial charge in [0.25, 0.3) is 0 Å². The Morgan fingerprint density at radius 1 is 0.720 bits per heavy atom. The van der Waals surface area contributed by atoms with Gasteiger partial charge in [-0.15, -0.1) is 0 Å². The first kappa shape index (κ1) is 27.7. The van der Waals surface area contributed by atoms with Gasteiger partial charge in [-0.05, 0) is 12.2 Å². The Bertz CT molecular complexity index is 438. The van der Waals surface area contributed by atoms with Crippen molar-refractivity contribution in [3.05, 3.63) is 36.7 Å². The molecule has 0 aliphatic carbocycles. The molecule has 25 heavy (non-hydrogen) atoms. The number of thiol groups is 1. The quantitative estimate of drug-likeness (QED) is 0.386. The van der Waals surface area contributed by atoms with Crippen molar-refractivity contribution in [2.75, 3.05) is 5.75 Å². The monoisotopic (exact) mass is 388 g/mol. The van der Waals surface area contributed by atoms with Gasteiger partial charge in [0.05, 0.1) is 12.4 Å². The number of fused-ring (bicyclic) bond motifs is 1. The van der Waals surface area contributed by atoms with Gasteiger partial charge in [-0.25, -0.2) is 0 Å². The van der Waals surface area contributed by atoms with Gasteiger partial charge < -0.3 is 5.48 Å². The van der Waals surface area contributed by atoms with Gasteiger partial charge in [0.2, 0.25) is 0 Å². The summed E-state index contributed by atoms with van der Waals surface area (Å²) in [4.78, 5) is 0. The van der Waals surface area contributed by atoms with Gasteiger partial charge in [0.1, 0.15) is 0 Å². The van der Waals surface area contributed by atoms with E-state index >= 15 is 0 Å². The maximum Gasteiger partial charge on any atom is 1.00 e. The van der Waals surface area contributed by atoms with Crippen molar-refractivity contribution in [3.8, 4) is 0 Å². The normalized spacial score (nSPS) is 9.52. The van der Waals surface area contributed by atoms with E-state index in [-0.39, 0.29) is 56.9 Å². The molecule has 1 N–H and O–H groups in total. The van der Waals surface area contributed by atoms with Crippen molar-refractivity contribution in [2.45, 2.75) is 71.1 Å². The van der Waals surface area contributed by atoms with Crippen LogP contribution in [0.3, 0.4) is 0 Å². The predicted molar refractivity (Wildman–Crippen MR) is 107 cm³/mol. The zero-order valence-corrected chi connectivity index (χ0v) is 20.0. The van der Waals surface area contributed by atoms with E-state index in [4.69, 9.17) is 0 Å². The number of hydrogen-bond donors (Lipinski definition) is 1. The van der Waals surface area contributed by atoms with Crippen LogP contribution in [-0.2, 0) is 0 Å². The van der Waals surface area contributed by atoms with Crippen molar-refractivity contribution in [2.24, 2.45) is 0 Å². The molecule has 0 atom stereocenters. The Balaban J connectivity index is 0. The Morgan fingerprint density at radius 3 is 1.52 bits per heavy atom. The first-order chi connectivity index (χ1) is 11.4. The van der Waals surface area contributed by atoms with Crippen molar-refractivity contribution in [1.29, 1.82) is 0 Å². The fraction of sp³-hybridized carbons (Fsp3) is 0.600. The summed E-state index contributed by atoms with van der Waals surface area (Å²) >= 11 is 4.20. The first-order valence-corrected chi connectivity index (χ1v) is 9.78. The van der Waals surface area contributed by atoms with Gasteiger partial charge in [0, 0.05) is 10.8 Å². The molecule has 1 aromatic carbocycles. The smallest absolute Gasteiger partial charge is 0.870 e. The average Bonchev–Trinajstić information content (AvgIpc) is 2.61. The molecule has 136 valence electrons. The Morgan fingerprint density at radius 2 is 1.12 bits per heavy atom. The molecule has 1 heterocycles. The molecule has 0 amide bonds. The molecule has 0 bridgehead atoms. The minimum atomic E-state index is 0. The second-order valence-electron chi connectivity index (χ2n) is 6.02. The van der Waals surface area contributed by atoms with E-state index < -0.39 is 0 Å². The van der Waals surface area contributed by atoms with Crippen LogP contribution in [0.2, 0.25) is 0 Å². The summed E-state index contributed by atoms with van der Waals surface area (Å²) in [7, 11) is 0. The number of rotatable bonds is 10. The second-order valence-corrected chi connectivity index (χ2v) is 6.47. The van der Waals surface area contributed by atoms with Crippen molar-refractivity contribution in [1.82, 2.24) is 10.2 Å². The molecule has 3 nitrogen and oxygen atoms in total. The van der Waals surface area contributed by atoms with Gasteiger partial charge in [0.15, 0.2) is 0 Å². The molecular weight excluding hydrogens is 355 g/mol. The Hall–Kier alpha value is 0.506. The van der Waals surface area contributed by atoms with Crippen LogP contribution in [0.1, 0.15) is 71.1 Å². The third-order valence-corrected chi connectivity index (χ3v) is 4.28. The van der Waals surface area contributed by atoms with E-state index in [0.29, 0.717) is 0 Å². The van der Waals surface area contributed by atoms with Crippen LogP contribution in [0.5, 0.6) is 0 Å². The molecular formula is C20H33KN2OS. The summed E-state index contributed by atoms with van der Waals surface area (Å²) in [6.07, 6.45) is 17.7. The third kappa shape index (κ3) is 15.3. The predicted octanol–water partition coefficient (Wildman–Crippen LogP) is 3.29. The summed E-state index contributed by atoms with van der Waals surface area (Å²) in [5.74, 6) is 1.07. The van der Waals surface area contributed by atoms with E-state index in [1.54, 1.807) is 12.4 Å². The summed E-state index contributed by atoms with van der Waals surface area (Å²) < 4.78 is 0. The van der Waals surface area contributed by atoms with Crippen LogP contribution in [0.4, 0.5) is 0 Å². The van der Waals surface area contributed by atoms with E-state index in [1.165, 1.54) is 64.2 Å². The molecule has 0 saturated heterocycles. The molecule has 0 fully saturated rings. The van der Waals surface area contributed by atoms with Crippen molar-refractivity contribution in [3.63, 3.8) is 0 Å². The standard InChI is InChI=1S/C12H26S.C8H6N2.K.H2O/c1-2-3-4-5-6-7-8-9-10-11-12-13;1-2-4-8-6-10-9-5-7(8)3-1;;/h13H,2-12H2,1H3;1-6H;;1H2/q;;+1;/p-1. The average molecular weight is 389 g/mol. The number of nitrogens with zero attached hydrogens (tertiary/aromatic N) is 2. The van der Waals surface area contributed by atoms with Gasteiger partial charge in [-0.3, -0.25) is 0 Å². The minimum Gasteiger partial charge on any atom is -0.870 e. The van der Waals surface area contributed by atoms with Gasteiger partial charge in [-0.1, -0.05) is 89.0 Å². The minimum absolute atomic E-state index is 0. The first-order valence-electron chi connectivity index (χ1n) is 9.14. The summed E-state index contributed by atoms with van der Waals surface area (Å²) in [6, 6.07) is 8.02. The Labute approximate surface area is 201 Å². The van der Waals surface area contributed by atoms with E-state index in [9.17, 15) is 0 Å². The Kier molecular flexibility index (Phi) is 23.1. The summed E-state index contributed by atoms with van der Waals surface area (Å²) in [5.41, 5.74) is 0. The fourth-order valence-electron chi connectivity index (χ4n) is 2.54. The third-order valence-electron chi connectivity index (χ3n) is 3.97.